The monoisotopic (exact) mass is 286 g/mol. The summed E-state index contributed by atoms with van der Waals surface area (Å²) in [5.41, 5.74) is 0. The third-order valence-corrected chi connectivity index (χ3v) is 4.34. The third kappa shape index (κ3) is 3.68. The van der Waals surface area contributed by atoms with E-state index < -0.39 is 0 Å². The topological polar surface area (TPSA) is 24.9 Å². The van der Waals surface area contributed by atoms with Crippen LogP contribution in [0.2, 0.25) is 0 Å². The lowest BCUT2D eigenvalue weighted by atomic mass is 10.2. The zero-order valence-electron chi connectivity index (χ0n) is 8.58. The highest BCUT2D eigenvalue weighted by Gasteiger charge is 2.13. The fraction of sp³-hybridized carbons (Fsp3) is 0.545. The van der Waals surface area contributed by atoms with Crippen LogP contribution in [0.4, 0.5) is 5.82 Å². The molecule has 82 valence electrons. The number of nitrogens with zero attached hydrogens (tertiary/aromatic N) is 1. The van der Waals surface area contributed by atoms with E-state index in [-0.39, 0.29) is 0 Å². The molecule has 15 heavy (non-hydrogen) atoms. The molecule has 0 aliphatic carbocycles. The van der Waals surface area contributed by atoms with Crippen LogP contribution in [0.1, 0.15) is 19.3 Å². The van der Waals surface area contributed by atoms with Gasteiger partial charge in [0.25, 0.3) is 0 Å². The lowest BCUT2D eigenvalue weighted by Crippen LogP contribution is -2.20. The molecule has 1 saturated heterocycles. The van der Waals surface area contributed by atoms with Crippen molar-refractivity contribution in [3.05, 3.63) is 22.8 Å². The molecular weight excluding hydrogens is 272 g/mol. The highest BCUT2D eigenvalue weighted by Crippen LogP contribution is 2.25. The Morgan fingerprint density at radius 2 is 2.40 bits per heavy atom. The van der Waals surface area contributed by atoms with Crippen LogP contribution < -0.4 is 5.32 Å². The van der Waals surface area contributed by atoms with E-state index in [4.69, 9.17) is 0 Å². The standard InChI is InChI=1S/C11H15BrN2S/c12-10-5-3-6-11(14-10)13-8-9-4-1-2-7-15-9/h3,5-6,9H,1-2,4,7-8H2,(H,13,14). The first-order chi connectivity index (χ1) is 7.34. The summed E-state index contributed by atoms with van der Waals surface area (Å²) in [4.78, 5) is 4.35. The minimum absolute atomic E-state index is 0.763. The molecule has 0 radical (unpaired) electrons. The van der Waals surface area contributed by atoms with Gasteiger partial charge in [0.15, 0.2) is 0 Å². The van der Waals surface area contributed by atoms with Gasteiger partial charge in [-0.1, -0.05) is 12.5 Å². The molecule has 1 aliphatic heterocycles. The number of anilines is 1. The first kappa shape index (κ1) is 11.3. The van der Waals surface area contributed by atoms with Crippen molar-refractivity contribution in [1.29, 1.82) is 0 Å². The maximum absolute atomic E-state index is 4.35. The predicted octanol–water partition coefficient (Wildman–Crippen LogP) is 3.54. The molecule has 1 unspecified atom stereocenters. The Balaban J connectivity index is 1.81. The summed E-state index contributed by atoms with van der Waals surface area (Å²) >= 11 is 5.46. The lowest BCUT2D eigenvalue weighted by Gasteiger charge is -2.21. The van der Waals surface area contributed by atoms with Gasteiger partial charge in [0, 0.05) is 11.8 Å². The fourth-order valence-corrected chi connectivity index (χ4v) is 3.28. The molecule has 1 fully saturated rings. The number of nitrogens with one attached hydrogen (secondary N) is 1. The van der Waals surface area contributed by atoms with Gasteiger partial charge in [-0.15, -0.1) is 0 Å². The van der Waals surface area contributed by atoms with Crippen molar-refractivity contribution >= 4 is 33.5 Å². The van der Waals surface area contributed by atoms with Gasteiger partial charge in [-0.3, -0.25) is 0 Å². The van der Waals surface area contributed by atoms with E-state index in [1.54, 1.807) is 0 Å². The van der Waals surface area contributed by atoms with E-state index in [1.807, 2.05) is 18.2 Å². The molecule has 4 heteroatoms. The first-order valence-electron chi connectivity index (χ1n) is 5.32. The smallest absolute Gasteiger partial charge is 0.127 e. The van der Waals surface area contributed by atoms with E-state index in [0.717, 1.165) is 22.2 Å². The van der Waals surface area contributed by atoms with Gasteiger partial charge in [-0.25, -0.2) is 4.98 Å². The Morgan fingerprint density at radius 1 is 1.47 bits per heavy atom. The number of aromatic nitrogens is 1. The number of pyridine rings is 1. The molecule has 2 nitrogen and oxygen atoms in total. The molecule has 1 N–H and O–H groups in total. The minimum Gasteiger partial charge on any atom is -0.369 e. The van der Waals surface area contributed by atoms with Crippen LogP contribution >= 0.6 is 27.7 Å². The molecule has 0 amide bonds. The number of halogens is 1. The summed E-state index contributed by atoms with van der Waals surface area (Å²) in [5, 5.41) is 4.16. The average molecular weight is 287 g/mol. The van der Waals surface area contributed by atoms with Crippen LogP contribution in [-0.4, -0.2) is 22.5 Å². The van der Waals surface area contributed by atoms with Crippen LogP contribution in [-0.2, 0) is 0 Å². The second-order valence-electron chi connectivity index (χ2n) is 3.72. The van der Waals surface area contributed by atoms with Crippen molar-refractivity contribution in [2.45, 2.75) is 24.5 Å². The Morgan fingerprint density at radius 3 is 3.13 bits per heavy atom. The Hall–Kier alpha value is -0.220. The van der Waals surface area contributed by atoms with Gasteiger partial charge in [0.05, 0.1) is 0 Å². The van der Waals surface area contributed by atoms with Gasteiger partial charge in [0.1, 0.15) is 10.4 Å². The zero-order valence-corrected chi connectivity index (χ0v) is 11.0. The molecule has 2 heterocycles. The Kier molecular flexibility index (Phi) is 4.32. The highest BCUT2D eigenvalue weighted by molar-refractivity contribution is 9.10. The summed E-state index contributed by atoms with van der Waals surface area (Å²) in [6, 6.07) is 5.96. The molecular formula is C11H15BrN2S. The molecule has 1 atom stereocenters. The minimum atomic E-state index is 0.763. The summed E-state index contributed by atoms with van der Waals surface area (Å²) in [6.45, 7) is 1.04. The van der Waals surface area contributed by atoms with Gasteiger partial charge in [-0.05, 0) is 46.7 Å². The summed E-state index contributed by atoms with van der Waals surface area (Å²) < 4.78 is 0.892. The van der Waals surface area contributed by atoms with Crippen molar-refractivity contribution in [1.82, 2.24) is 4.98 Å². The summed E-state index contributed by atoms with van der Waals surface area (Å²) in [7, 11) is 0. The fourth-order valence-electron chi connectivity index (χ4n) is 1.69. The van der Waals surface area contributed by atoms with Crippen LogP contribution in [0.25, 0.3) is 0 Å². The number of hydrogen-bond acceptors (Lipinski definition) is 3. The second-order valence-corrected chi connectivity index (χ2v) is 5.94. The van der Waals surface area contributed by atoms with Crippen molar-refractivity contribution in [3.63, 3.8) is 0 Å². The van der Waals surface area contributed by atoms with Crippen molar-refractivity contribution in [2.24, 2.45) is 0 Å². The van der Waals surface area contributed by atoms with E-state index in [2.05, 4.69) is 38.0 Å². The number of thioether (sulfide) groups is 1. The van der Waals surface area contributed by atoms with Crippen molar-refractivity contribution in [3.8, 4) is 0 Å². The molecule has 0 saturated carbocycles. The Bertz CT molecular complexity index is 313. The van der Waals surface area contributed by atoms with E-state index in [9.17, 15) is 0 Å². The molecule has 1 aromatic rings. The molecule has 0 bridgehead atoms. The van der Waals surface area contributed by atoms with Gasteiger partial charge >= 0.3 is 0 Å². The van der Waals surface area contributed by atoms with Crippen molar-refractivity contribution in [2.75, 3.05) is 17.6 Å². The SMILES string of the molecule is Brc1cccc(NCC2CCCCS2)n1. The number of hydrogen-bond donors (Lipinski definition) is 1. The molecule has 0 aromatic carbocycles. The average Bonchev–Trinajstić information content (AvgIpc) is 2.28. The van der Waals surface area contributed by atoms with E-state index in [1.165, 1.54) is 25.0 Å². The van der Waals surface area contributed by atoms with Crippen LogP contribution in [0, 0.1) is 0 Å². The number of rotatable bonds is 3. The maximum atomic E-state index is 4.35. The highest BCUT2D eigenvalue weighted by atomic mass is 79.9. The van der Waals surface area contributed by atoms with Gasteiger partial charge in [0.2, 0.25) is 0 Å². The van der Waals surface area contributed by atoms with E-state index >= 15 is 0 Å². The Labute approximate surface area is 103 Å². The largest absolute Gasteiger partial charge is 0.369 e. The van der Waals surface area contributed by atoms with E-state index in [0.29, 0.717) is 0 Å². The van der Waals surface area contributed by atoms with Gasteiger partial charge in [-0.2, -0.15) is 11.8 Å². The maximum Gasteiger partial charge on any atom is 0.127 e. The molecule has 1 aromatic heterocycles. The summed E-state index contributed by atoms with van der Waals surface area (Å²) in [6.07, 6.45) is 4.10. The van der Waals surface area contributed by atoms with Crippen molar-refractivity contribution < 1.29 is 0 Å². The quantitative estimate of drug-likeness (QED) is 0.861. The lowest BCUT2D eigenvalue weighted by molar-refractivity contribution is 0.677. The first-order valence-corrected chi connectivity index (χ1v) is 7.17. The second kappa shape index (κ2) is 5.75. The molecule has 0 spiro atoms. The van der Waals surface area contributed by atoms with Gasteiger partial charge < -0.3 is 5.32 Å². The molecule has 1 aliphatic rings. The molecule has 2 rings (SSSR count). The van der Waals surface area contributed by atoms with Crippen LogP contribution in [0.5, 0.6) is 0 Å². The van der Waals surface area contributed by atoms with Crippen LogP contribution in [0.15, 0.2) is 22.8 Å². The third-order valence-electron chi connectivity index (χ3n) is 2.50. The van der Waals surface area contributed by atoms with Crippen LogP contribution in [0.3, 0.4) is 0 Å². The summed E-state index contributed by atoms with van der Waals surface area (Å²) in [5.74, 6) is 2.29. The zero-order chi connectivity index (χ0) is 10.5. The normalized spacial score (nSPS) is 21.3. The predicted molar refractivity (Wildman–Crippen MR) is 70.5 cm³/mol.